The predicted molar refractivity (Wildman–Crippen MR) is 85.1 cm³/mol. The van der Waals surface area contributed by atoms with Gasteiger partial charge in [-0.3, -0.25) is 0 Å². The van der Waals surface area contributed by atoms with E-state index >= 15 is 0 Å². The minimum atomic E-state index is 0.596. The van der Waals surface area contributed by atoms with E-state index in [1.807, 2.05) is 6.20 Å². The van der Waals surface area contributed by atoms with Crippen molar-refractivity contribution in [2.45, 2.75) is 18.8 Å². The van der Waals surface area contributed by atoms with Crippen LogP contribution in [-0.4, -0.2) is 48.7 Å². The van der Waals surface area contributed by atoms with Crippen molar-refractivity contribution >= 4 is 11.2 Å². The number of hydrogen-bond donors (Lipinski definition) is 2. The SMILES string of the molecule is c1cn2c(C3CCNCC3)ncc2cc1N1CCNCC1. The zero-order valence-corrected chi connectivity index (χ0v) is 12.4. The molecule has 0 saturated carbocycles. The van der Waals surface area contributed by atoms with Crippen molar-refractivity contribution < 1.29 is 0 Å². The second-order valence-electron chi connectivity index (χ2n) is 6.06. The first kappa shape index (κ1) is 13.1. The fourth-order valence-electron chi connectivity index (χ4n) is 3.51. The Labute approximate surface area is 125 Å². The zero-order valence-electron chi connectivity index (χ0n) is 12.4. The molecule has 0 bridgehead atoms. The smallest absolute Gasteiger partial charge is 0.116 e. The number of piperazine rings is 1. The van der Waals surface area contributed by atoms with E-state index in [1.165, 1.54) is 29.9 Å². The third kappa shape index (κ3) is 2.51. The quantitative estimate of drug-likeness (QED) is 0.870. The molecule has 4 rings (SSSR count). The van der Waals surface area contributed by atoms with Crippen LogP contribution in [0.3, 0.4) is 0 Å². The molecular formula is C16H23N5. The first-order valence-corrected chi connectivity index (χ1v) is 8.05. The fraction of sp³-hybridized carbons (Fsp3) is 0.562. The van der Waals surface area contributed by atoms with E-state index in [4.69, 9.17) is 4.98 Å². The van der Waals surface area contributed by atoms with Crippen molar-refractivity contribution in [1.29, 1.82) is 0 Å². The molecule has 4 heterocycles. The standard InChI is InChI=1S/C16H23N5/c1-4-17-5-2-13(1)16-19-12-15-11-14(3-8-21(15)16)20-9-6-18-7-10-20/h3,8,11-13,17-18H,1-2,4-7,9-10H2. The minimum absolute atomic E-state index is 0.596. The average molecular weight is 285 g/mol. The summed E-state index contributed by atoms with van der Waals surface area (Å²) in [6.45, 7) is 6.54. The highest BCUT2D eigenvalue weighted by Gasteiger charge is 2.20. The number of piperidine rings is 1. The van der Waals surface area contributed by atoms with E-state index < -0.39 is 0 Å². The second kappa shape index (κ2) is 5.66. The van der Waals surface area contributed by atoms with Crippen LogP contribution >= 0.6 is 0 Å². The molecule has 0 unspecified atom stereocenters. The lowest BCUT2D eigenvalue weighted by Crippen LogP contribution is -2.43. The second-order valence-corrected chi connectivity index (χ2v) is 6.06. The lowest BCUT2D eigenvalue weighted by molar-refractivity contribution is 0.444. The Morgan fingerprint density at radius 2 is 1.81 bits per heavy atom. The van der Waals surface area contributed by atoms with Gasteiger partial charge in [0.2, 0.25) is 0 Å². The van der Waals surface area contributed by atoms with Crippen LogP contribution in [-0.2, 0) is 0 Å². The highest BCUT2D eigenvalue weighted by atomic mass is 15.2. The largest absolute Gasteiger partial charge is 0.369 e. The van der Waals surface area contributed by atoms with Crippen molar-refractivity contribution in [3.63, 3.8) is 0 Å². The van der Waals surface area contributed by atoms with Crippen molar-refractivity contribution in [1.82, 2.24) is 20.0 Å². The van der Waals surface area contributed by atoms with Gasteiger partial charge in [0, 0.05) is 44.0 Å². The van der Waals surface area contributed by atoms with Crippen LogP contribution in [0.25, 0.3) is 5.52 Å². The van der Waals surface area contributed by atoms with Crippen molar-refractivity contribution in [3.8, 4) is 0 Å². The van der Waals surface area contributed by atoms with Crippen LogP contribution in [0.2, 0.25) is 0 Å². The summed E-state index contributed by atoms with van der Waals surface area (Å²) in [5, 5.41) is 6.83. The maximum Gasteiger partial charge on any atom is 0.116 e. The van der Waals surface area contributed by atoms with E-state index in [2.05, 4.69) is 38.3 Å². The number of anilines is 1. The maximum absolute atomic E-state index is 4.71. The van der Waals surface area contributed by atoms with Crippen LogP contribution in [0.15, 0.2) is 24.5 Å². The molecule has 5 heteroatoms. The van der Waals surface area contributed by atoms with Crippen LogP contribution < -0.4 is 15.5 Å². The van der Waals surface area contributed by atoms with Gasteiger partial charge < -0.3 is 19.9 Å². The molecule has 5 nitrogen and oxygen atoms in total. The summed E-state index contributed by atoms with van der Waals surface area (Å²) < 4.78 is 2.28. The van der Waals surface area contributed by atoms with Gasteiger partial charge in [-0.2, -0.15) is 0 Å². The maximum atomic E-state index is 4.71. The van der Waals surface area contributed by atoms with Gasteiger partial charge in [0.1, 0.15) is 5.82 Å². The van der Waals surface area contributed by atoms with Gasteiger partial charge in [0.25, 0.3) is 0 Å². The van der Waals surface area contributed by atoms with Crippen molar-refractivity contribution in [2.24, 2.45) is 0 Å². The molecule has 2 aromatic heterocycles. The number of hydrogen-bond acceptors (Lipinski definition) is 4. The summed E-state index contributed by atoms with van der Waals surface area (Å²) in [5.74, 6) is 1.83. The Morgan fingerprint density at radius 1 is 1.05 bits per heavy atom. The summed E-state index contributed by atoms with van der Waals surface area (Å²) in [4.78, 5) is 7.16. The van der Waals surface area contributed by atoms with Gasteiger partial charge >= 0.3 is 0 Å². The summed E-state index contributed by atoms with van der Waals surface area (Å²) >= 11 is 0. The number of fused-ring (bicyclic) bond motifs is 1. The monoisotopic (exact) mass is 285 g/mol. The van der Waals surface area contributed by atoms with Crippen molar-refractivity contribution in [2.75, 3.05) is 44.2 Å². The molecule has 2 aliphatic rings. The number of rotatable bonds is 2. The summed E-state index contributed by atoms with van der Waals surface area (Å²) in [5.41, 5.74) is 2.54. The van der Waals surface area contributed by atoms with Crippen molar-refractivity contribution in [3.05, 3.63) is 30.4 Å². The van der Waals surface area contributed by atoms with Crippen LogP contribution in [0.1, 0.15) is 24.6 Å². The summed E-state index contributed by atoms with van der Waals surface area (Å²) in [6.07, 6.45) is 6.62. The molecule has 0 atom stereocenters. The average Bonchev–Trinajstić information content (AvgIpc) is 2.99. The molecule has 2 N–H and O–H groups in total. The summed E-state index contributed by atoms with van der Waals surface area (Å²) in [6, 6.07) is 4.52. The fourth-order valence-corrected chi connectivity index (χ4v) is 3.51. The highest BCUT2D eigenvalue weighted by molar-refractivity contribution is 5.60. The third-order valence-corrected chi connectivity index (χ3v) is 4.73. The molecule has 2 aromatic rings. The zero-order chi connectivity index (χ0) is 14.1. The summed E-state index contributed by atoms with van der Waals surface area (Å²) in [7, 11) is 0. The number of aromatic nitrogens is 2. The number of pyridine rings is 1. The lowest BCUT2D eigenvalue weighted by Gasteiger charge is -2.29. The molecule has 2 fully saturated rings. The predicted octanol–water partition coefficient (Wildman–Crippen LogP) is 1.21. The minimum Gasteiger partial charge on any atom is -0.369 e. The van der Waals surface area contributed by atoms with E-state index in [0.29, 0.717) is 5.92 Å². The highest BCUT2D eigenvalue weighted by Crippen LogP contribution is 2.26. The van der Waals surface area contributed by atoms with Gasteiger partial charge in [0.15, 0.2) is 0 Å². The van der Waals surface area contributed by atoms with Gasteiger partial charge in [-0.15, -0.1) is 0 Å². The first-order valence-electron chi connectivity index (χ1n) is 8.05. The molecule has 0 radical (unpaired) electrons. The molecule has 0 amide bonds. The Bertz CT molecular complexity index is 608. The topological polar surface area (TPSA) is 44.6 Å². The Balaban J connectivity index is 1.63. The Kier molecular flexibility index (Phi) is 3.53. The molecule has 0 aromatic carbocycles. The van der Waals surface area contributed by atoms with Gasteiger partial charge in [-0.1, -0.05) is 0 Å². The van der Waals surface area contributed by atoms with Crippen LogP contribution in [0.4, 0.5) is 5.69 Å². The van der Waals surface area contributed by atoms with E-state index in [9.17, 15) is 0 Å². The normalized spacial score (nSPS) is 21.0. The molecule has 0 aliphatic carbocycles. The molecule has 21 heavy (non-hydrogen) atoms. The third-order valence-electron chi connectivity index (χ3n) is 4.73. The van der Waals surface area contributed by atoms with Gasteiger partial charge in [0.05, 0.1) is 11.7 Å². The van der Waals surface area contributed by atoms with Crippen LogP contribution in [0, 0.1) is 0 Å². The molecule has 112 valence electrons. The molecule has 0 spiro atoms. The first-order chi connectivity index (χ1) is 10.4. The Hall–Kier alpha value is -1.59. The number of nitrogens with one attached hydrogen (secondary N) is 2. The molecular weight excluding hydrogens is 262 g/mol. The lowest BCUT2D eigenvalue weighted by atomic mass is 9.97. The Morgan fingerprint density at radius 3 is 2.62 bits per heavy atom. The number of nitrogens with zero attached hydrogens (tertiary/aromatic N) is 3. The molecule has 2 aliphatic heterocycles. The number of imidazole rings is 1. The van der Waals surface area contributed by atoms with Gasteiger partial charge in [-0.25, -0.2) is 4.98 Å². The van der Waals surface area contributed by atoms with E-state index in [1.54, 1.807) is 0 Å². The van der Waals surface area contributed by atoms with E-state index in [0.717, 1.165) is 39.3 Å². The van der Waals surface area contributed by atoms with Gasteiger partial charge in [-0.05, 0) is 38.1 Å². The van der Waals surface area contributed by atoms with E-state index in [-0.39, 0.29) is 0 Å². The molecule has 2 saturated heterocycles. The van der Waals surface area contributed by atoms with Crippen LogP contribution in [0.5, 0.6) is 0 Å².